The van der Waals surface area contributed by atoms with Crippen LogP contribution in [-0.2, 0) is 38.5 Å². The van der Waals surface area contributed by atoms with Gasteiger partial charge in [-0.25, -0.2) is 0 Å². The van der Waals surface area contributed by atoms with E-state index in [1.807, 2.05) is 0 Å². The van der Waals surface area contributed by atoms with E-state index in [9.17, 15) is 0 Å². The highest BCUT2D eigenvalue weighted by Gasteiger charge is 2.25. The van der Waals surface area contributed by atoms with Gasteiger partial charge in [-0.2, -0.15) is 0 Å². The van der Waals surface area contributed by atoms with Crippen molar-refractivity contribution < 1.29 is 0 Å². The van der Waals surface area contributed by atoms with Gasteiger partial charge in [0.15, 0.2) is 0 Å². The molecule has 330 valence electrons. The summed E-state index contributed by atoms with van der Waals surface area (Å²) in [4.78, 5) is 7.36. The minimum Gasteiger partial charge on any atom is -0.310 e. The van der Waals surface area contributed by atoms with Gasteiger partial charge >= 0.3 is 0 Å². The molecule has 0 bridgehead atoms. The molecule has 0 aromatic heterocycles. The predicted octanol–water partition coefficient (Wildman–Crippen LogP) is 17.4. The van der Waals surface area contributed by atoms with E-state index < -0.39 is 0 Å². The molecule has 3 heteroatoms. The van der Waals surface area contributed by atoms with Crippen LogP contribution in [0.5, 0.6) is 0 Å². The highest BCUT2D eigenvalue weighted by atomic mass is 15.2. The van der Waals surface area contributed by atoms with Gasteiger partial charge in [-0.05, 0) is 196 Å². The average Bonchev–Trinajstić information content (AvgIpc) is 3.78. The van der Waals surface area contributed by atoms with Gasteiger partial charge in [0.05, 0.1) is 0 Å². The summed E-state index contributed by atoms with van der Waals surface area (Å²) in [5.74, 6) is 0. The number of hydrogen-bond donors (Lipinski definition) is 0. The smallest absolute Gasteiger partial charge is 0.0493 e. The maximum Gasteiger partial charge on any atom is 0.0493 e. The van der Waals surface area contributed by atoms with Crippen molar-refractivity contribution in [1.82, 2.24) is 0 Å². The zero-order chi connectivity index (χ0) is 45.7. The molecular formula is C66H51N3. The summed E-state index contributed by atoms with van der Waals surface area (Å²) in [5.41, 5.74) is 26.4. The molecule has 0 unspecified atom stereocenters. The first kappa shape index (κ1) is 40.8. The van der Waals surface area contributed by atoms with E-state index in [4.69, 9.17) is 0 Å². The Morgan fingerprint density at radius 3 is 0.580 bits per heavy atom. The van der Waals surface area contributed by atoms with E-state index in [0.717, 1.165) is 55.6 Å². The van der Waals surface area contributed by atoms with Crippen LogP contribution in [0.3, 0.4) is 0 Å². The summed E-state index contributed by atoms with van der Waals surface area (Å²) in [5, 5.41) is 0. The Bertz CT molecular complexity index is 2990. The minimum absolute atomic E-state index is 1.02. The van der Waals surface area contributed by atoms with Crippen LogP contribution in [0.25, 0.3) is 33.4 Å². The lowest BCUT2D eigenvalue weighted by molar-refractivity contribution is 0.977. The zero-order valence-electron chi connectivity index (χ0n) is 38.6. The summed E-state index contributed by atoms with van der Waals surface area (Å²) in [7, 11) is 0. The molecule has 3 heterocycles. The van der Waals surface area contributed by atoms with Crippen LogP contribution in [0, 0.1) is 0 Å². The van der Waals surface area contributed by atoms with Gasteiger partial charge in [0.1, 0.15) is 0 Å². The fraction of sp³-hybridized carbons (Fsp3) is 0.0909. The van der Waals surface area contributed by atoms with Gasteiger partial charge in [-0.3, -0.25) is 0 Å². The maximum atomic E-state index is 2.45. The Balaban J connectivity index is 0.910. The molecule has 0 spiro atoms. The SMILES string of the molecule is c1ccc2c(c1)CCc1ccccc1N2c1ccc(-c2cc(-c3ccc(N4c5ccccc5CCc5ccccc54)cc3)cc(-c3ccc(N4c5ccccc5CCc5ccccc54)cc3)c2)cc1. The summed E-state index contributed by atoms with van der Waals surface area (Å²) in [6.45, 7) is 0. The number of hydrogen-bond acceptors (Lipinski definition) is 3. The van der Waals surface area contributed by atoms with Crippen LogP contribution >= 0.6 is 0 Å². The van der Waals surface area contributed by atoms with Gasteiger partial charge in [0.2, 0.25) is 0 Å². The third-order valence-electron chi connectivity index (χ3n) is 14.7. The Morgan fingerprint density at radius 2 is 0.377 bits per heavy atom. The first-order chi connectivity index (χ1) is 34.2. The van der Waals surface area contributed by atoms with Crippen LogP contribution in [0.1, 0.15) is 33.4 Å². The third-order valence-corrected chi connectivity index (χ3v) is 14.7. The van der Waals surface area contributed by atoms with E-state index >= 15 is 0 Å². The molecule has 3 nitrogen and oxygen atoms in total. The number of para-hydroxylation sites is 6. The second-order valence-corrected chi connectivity index (χ2v) is 18.7. The lowest BCUT2D eigenvalue weighted by Crippen LogP contribution is -2.11. The van der Waals surface area contributed by atoms with Crippen molar-refractivity contribution in [2.24, 2.45) is 0 Å². The second-order valence-electron chi connectivity index (χ2n) is 18.7. The van der Waals surface area contributed by atoms with Crippen molar-refractivity contribution in [3.63, 3.8) is 0 Å². The normalized spacial score (nSPS) is 13.7. The highest BCUT2D eigenvalue weighted by Crippen LogP contribution is 2.46. The van der Waals surface area contributed by atoms with E-state index in [2.05, 4.69) is 251 Å². The van der Waals surface area contributed by atoms with Crippen LogP contribution < -0.4 is 14.7 Å². The van der Waals surface area contributed by atoms with Crippen molar-refractivity contribution in [1.29, 1.82) is 0 Å². The lowest BCUT2D eigenvalue weighted by Gasteiger charge is -2.27. The maximum absolute atomic E-state index is 2.45. The molecule has 0 aliphatic carbocycles. The molecule has 0 amide bonds. The monoisotopic (exact) mass is 885 g/mol. The Morgan fingerprint density at radius 1 is 0.188 bits per heavy atom. The van der Waals surface area contributed by atoms with E-state index in [-0.39, 0.29) is 0 Å². The first-order valence-electron chi connectivity index (χ1n) is 24.5. The molecule has 10 aromatic rings. The Kier molecular flexibility index (Phi) is 10.3. The largest absolute Gasteiger partial charge is 0.310 e. The molecular weight excluding hydrogens is 835 g/mol. The van der Waals surface area contributed by atoms with Crippen LogP contribution in [0.15, 0.2) is 237 Å². The van der Waals surface area contributed by atoms with Crippen molar-refractivity contribution in [3.05, 3.63) is 270 Å². The second kappa shape index (κ2) is 17.4. The standard InChI is InChI=1S/C66H51N3/c1-7-19-61-49(13-1)25-26-50-14-2-8-20-62(50)67(61)58-37-31-46(32-38-58)55-43-56(47-33-39-59(40-34-47)68-63-21-9-3-15-51(63)27-28-52-16-4-10-22-64(52)68)45-57(44-55)48-35-41-60(42-36-48)69-65-23-11-5-17-53(65)29-30-54-18-6-12-24-66(54)69/h1-24,31-45H,25-30H2. The number of benzene rings is 10. The molecule has 0 atom stereocenters. The molecule has 0 saturated carbocycles. The topological polar surface area (TPSA) is 9.72 Å². The van der Waals surface area contributed by atoms with Crippen LogP contribution in [0.2, 0.25) is 0 Å². The number of fused-ring (bicyclic) bond motifs is 6. The fourth-order valence-corrected chi connectivity index (χ4v) is 11.2. The number of anilines is 9. The molecule has 10 aromatic carbocycles. The molecule has 3 aliphatic heterocycles. The Labute approximate surface area is 405 Å². The van der Waals surface area contributed by atoms with Crippen LogP contribution in [0.4, 0.5) is 51.2 Å². The molecule has 13 rings (SSSR count). The third kappa shape index (κ3) is 7.48. The van der Waals surface area contributed by atoms with Crippen molar-refractivity contribution in [2.45, 2.75) is 38.5 Å². The van der Waals surface area contributed by atoms with Crippen molar-refractivity contribution >= 4 is 51.2 Å². The molecule has 0 fully saturated rings. The predicted molar refractivity (Wildman–Crippen MR) is 289 cm³/mol. The van der Waals surface area contributed by atoms with Gasteiger partial charge in [-0.15, -0.1) is 0 Å². The zero-order valence-corrected chi connectivity index (χ0v) is 38.6. The molecule has 0 saturated heterocycles. The Hall–Kier alpha value is -8.40. The molecule has 3 aliphatic rings. The lowest BCUT2D eigenvalue weighted by atomic mass is 9.93. The van der Waals surface area contributed by atoms with Crippen LogP contribution in [-0.4, -0.2) is 0 Å². The van der Waals surface area contributed by atoms with E-state index in [0.29, 0.717) is 0 Å². The number of rotatable bonds is 6. The first-order valence-corrected chi connectivity index (χ1v) is 24.5. The van der Waals surface area contributed by atoms with Gasteiger partial charge in [-0.1, -0.05) is 146 Å². The quantitative estimate of drug-likeness (QED) is 0.165. The van der Waals surface area contributed by atoms with Gasteiger partial charge < -0.3 is 14.7 Å². The number of nitrogens with zero attached hydrogens (tertiary/aromatic N) is 3. The molecule has 69 heavy (non-hydrogen) atoms. The summed E-state index contributed by atoms with van der Waals surface area (Å²) in [6.07, 6.45) is 6.15. The fourth-order valence-electron chi connectivity index (χ4n) is 11.2. The van der Waals surface area contributed by atoms with Gasteiger partial charge in [0, 0.05) is 51.2 Å². The minimum atomic E-state index is 1.02. The average molecular weight is 886 g/mol. The highest BCUT2D eigenvalue weighted by molar-refractivity contribution is 5.88. The molecule has 0 radical (unpaired) electrons. The van der Waals surface area contributed by atoms with E-state index in [1.165, 1.54) is 101 Å². The summed E-state index contributed by atoms with van der Waals surface area (Å²) in [6, 6.07) is 88.1. The number of aryl methyl sites for hydroxylation is 6. The molecule has 0 N–H and O–H groups in total. The summed E-state index contributed by atoms with van der Waals surface area (Å²) < 4.78 is 0. The van der Waals surface area contributed by atoms with Crippen molar-refractivity contribution in [2.75, 3.05) is 14.7 Å². The van der Waals surface area contributed by atoms with Crippen molar-refractivity contribution in [3.8, 4) is 33.4 Å². The van der Waals surface area contributed by atoms with E-state index in [1.54, 1.807) is 0 Å². The summed E-state index contributed by atoms with van der Waals surface area (Å²) >= 11 is 0. The van der Waals surface area contributed by atoms with Gasteiger partial charge in [0.25, 0.3) is 0 Å².